The van der Waals surface area contributed by atoms with Crippen LogP contribution in [0.5, 0.6) is 5.75 Å². The lowest BCUT2D eigenvalue weighted by Gasteiger charge is -2.35. The molecule has 1 aliphatic heterocycles. The minimum absolute atomic E-state index is 0.833. The molecule has 1 heterocycles. The standard InChI is InChI=1S/C13H20N2O2S/c1-11-4-5-12(13(10-11)17-2)14-6-8-15(9-7-14)18(3)16/h4-5,10H,6-9H2,1-3H3. The summed E-state index contributed by atoms with van der Waals surface area (Å²) in [6, 6.07) is 6.26. The van der Waals surface area contributed by atoms with Crippen LogP contribution in [0.1, 0.15) is 5.56 Å². The number of hydrogen-bond donors (Lipinski definition) is 0. The summed E-state index contributed by atoms with van der Waals surface area (Å²) in [5.41, 5.74) is 2.33. The Morgan fingerprint density at radius 3 is 2.44 bits per heavy atom. The van der Waals surface area contributed by atoms with E-state index in [4.69, 9.17) is 4.74 Å². The van der Waals surface area contributed by atoms with Crippen molar-refractivity contribution in [1.29, 1.82) is 0 Å². The van der Waals surface area contributed by atoms with Gasteiger partial charge >= 0.3 is 0 Å². The minimum Gasteiger partial charge on any atom is -0.495 e. The van der Waals surface area contributed by atoms with Crippen molar-refractivity contribution in [2.75, 3.05) is 44.4 Å². The Bertz CT molecular complexity index is 443. The summed E-state index contributed by atoms with van der Waals surface area (Å²) < 4.78 is 18.8. The molecule has 1 aliphatic rings. The molecule has 2 rings (SSSR count). The van der Waals surface area contributed by atoms with Gasteiger partial charge in [0, 0.05) is 32.4 Å². The van der Waals surface area contributed by atoms with E-state index in [0.29, 0.717) is 0 Å². The van der Waals surface area contributed by atoms with E-state index in [0.717, 1.165) is 37.6 Å². The number of hydrogen-bond acceptors (Lipinski definition) is 3. The number of aryl methyl sites for hydroxylation is 1. The van der Waals surface area contributed by atoms with Crippen molar-refractivity contribution in [2.45, 2.75) is 6.92 Å². The first kappa shape index (κ1) is 13.4. The number of benzene rings is 1. The van der Waals surface area contributed by atoms with Crippen LogP contribution in [0.15, 0.2) is 18.2 Å². The number of piperazine rings is 1. The molecule has 0 spiro atoms. The predicted molar refractivity (Wildman–Crippen MR) is 75.6 cm³/mol. The van der Waals surface area contributed by atoms with Crippen molar-refractivity contribution in [2.24, 2.45) is 0 Å². The molecule has 0 N–H and O–H groups in total. The maximum Gasteiger partial charge on any atom is 0.142 e. The van der Waals surface area contributed by atoms with E-state index in [2.05, 4.69) is 30.0 Å². The molecule has 0 radical (unpaired) electrons. The molecule has 1 atom stereocenters. The summed E-state index contributed by atoms with van der Waals surface area (Å²) in [5.74, 6) is 0.918. The second-order valence-corrected chi connectivity index (χ2v) is 5.88. The van der Waals surface area contributed by atoms with Gasteiger partial charge in [0.25, 0.3) is 0 Å². The highest BCUT2D eigenvalue weighted by Gasteiger charge is 2.21. The fourth-order valence-electron chi connectivity index (χ4n) is 2.23. The summed E-state index contributed by atoms with van der Waals surface area (Å²) in [6.07, 6.45) is 1.74. The Morgan fingerprint density at radius 2 is 1.89 bits per heavy atom. The molecule has 5 heteroatoms. The largest absolute Gasteiger partial charge is 0.495 e. The van der Waals surface area contributed by atoms with Gasteiger partial charge in [-0.25, -0.2) is 8.51 Å². The Hall–Kier alpha value is -1.07. The van der Waals surface area contributed by atoms with Gasteiger partial charge in [0.05, 0.1) is 23.8 Å². The van der Waals surface area contributed by atoms with Crippen LogP contribution in [0.3, 0.4) is 0 Å². The lowest BCUT2D eigenvalue weighted by atomic mass is 10.2. The first-order chi connectivity index (χ1) is 8.61. The van der Waals surface area contributed by atoms with E-state index >= 15 is 0 Å². The van der Waals surface area contributed by atoms with Crippen molar-refractivity contribution < 1.29 is 8.95 Å². The fourth-order valence-corrected chi connectivity index (χ4v) is 2.91. The van der Waals surface area contributed by atoms with Gasteiger partial charge < -0.3 is 9.64 Å². The van der Waals surface area contributed by atoms with Gasteiger partial charge in [-0.05, 0) is 24.6 Å². The fraction of sp³-hybridized carbons (Fsp3) is 0.538. The molecular weight excluding hydrogens is 248 g/mol. The highest BCUT2D eigenvalue weighted by molar-refractivity contribution is 7.81. The van der Waals surface area contributed by atoms with Crippen molar-refractivity contribution in [1.82, 2.24) is 4.31 Å². The zero-order valence-electron chi connectivity index (χ0n) is 11.2. The van der Waals surface area contributed by atoms with Crippen LogP contribution in [0.4, 0.5) is 5.69 Å². The van der Waals surface area contributed by atoms with Gasteiger partial charge in [0.2, 0.25) is 0 Å². The lowest BCUT2D eigenvalue weighted by Crippen LogP contribution is -2.46. The summed E-state index contributed by atoms with van der Waals surface area (Å²) >= 11 is 0. The third-order valence-electron chi connectivity index (χ3n) is 3.28. The van der Waals surface area contributed by atoms with E-state index in [1.54, 1.807) is 13.4 Å². The quantitative estimate of drug-likeness (QED) is 0.831. The van der Waals surface area contributed by atoms with E-state index in [-0.39, 0.29) is 0 Å². The summed E-state index contributed by atoms with van der Waals surface area (Å²) in [4.78, 5) is 2.29. The van der Waals surface area contributed by atoms with Crippen LogP contribution in [0.25, 0.3) is 0 Å². The smallest absolute Gasteiger partial charge is 0.142 e. The zero-order chi connectivity index (χ0) is 13.1. The van der Waals surface area contributed by atoms with E-state index in [1.807, 2.05) is 4.31 Å². The average Bonchev–Trinajstić information content (AvgIpc) is 2.38. The molecule has 1 saturated heterocycles. The van der Waals surface area contributed by atoms with Crippen LogP contribution < -0.4 is 9.64 Å². The molecule has 0 aromatic heterocycles. The second-order valence-electron chi connectivity index (χ2n) is 4.52. The molecule has 1 fully saturated rings. The normalized spacial score (nSPS) is 18.7. The van der Waals surface area contributed by atoms with E-state index in [9.17, 15) is 4.21 Å². The Balaban J connectivity index is 2.12. The summed E-state index contributed by atoms with van der Waals surface area (Å²) in [6.45, 7) is 5.50. The molecule has 0 aliphatic carbocycles. The van der Waals surface area contributed by atoms with Gasteiger partial charge in [-0.1, -0.05) is 6.07 Å². The predicted octanol–water partition coefficient (Wildman–Crippen LogP) is 1.42. The minimum atomic E-state index is -0.859. The van der Waals surface area contributed by atoms with Gasteiger partial charge in [-0.3, -0.25) is 0 Å². The number of anilines is 1. The average molecular weight is 268 g/mol. The Labute approximate surface area is 111 Å². The number of ether oxygens (including phenoxy) is 1. The molecule has 0 amide bonds. The Morgan fingerprint density at radius 1 is 1.22 bits per heavy atom. The molecule has 0 bridgehead atoms. The van der Waals surface area contributed by atoms with E-state index < -0.39 is 11.0 Å². The lowest BCUT2D eigenvalue weighted by molar-refractivity contribution is 0.396. The molecule has 1 aromatic carbocycles. The van der Waals surface area contributed by atoms with Crippen molar-refractivity contribution in [3.8, 4) is 5.75 Å². The molecule has 18 heavy (non-hydrogen) atoms. The molecule has 0 saturated carbocycles. The maximum absolute atomic E-state index is 11.4. The van der Waals surface area contributed by atoms with Gasteiger partial charge in [-0.2, -0.15) is 0 Å². The Kier molecular flexibility index (Phi) is 4.24. The van der Waals surface area contributed by atoms with Crippen LogP contribution in [-0.2, 0) is 11.0 Å². The van der Waals surface area contributed by atoms with Gasteiger partial charge in [0.1, 0.15) is 5.75 Å². The third-order valence-corrected chi connectivity index (χ3v) is 4.37. The van der Waals surface area contributed by atoms with Gasteiger partial charge in [-0.15, -0.1) is 0 Å². The number of rotatable bonds is 3. The number of nitrogens with zero attached hydrogens (tertiary/aromatic N) is 2. The summed E-state index contributed by atoms with van der Waals surface area (Å²) in [7, 11) is 0.845. The first-order valence-corrected chi connectivity index (χ1v) is 7.61. The summed E-state index contributed by atoms with van der Waals surface area (Å²) in [5, 5.41) is 0. The van der Waals surface area contributed by atoms with Gasteiger partial charge in [0.15, 0.2) is 0 Å². The van der Waals surface area contributed by atoms with Crippen molar-refractivity contribution in [3.63, 3.8) is 0 Å². The molecule has 1 aromatic rings. The molecule has 1 unspecified atom stereocenters. The van der Waals surface area contributed by atoms with Crippen LogP contribution in [-0.4, -0.2) is 48.1 Å². The van der Waals surface area contributed by atoms with Crippen molar-refractivity contribution in [3.05, 3.63) is 23.8 Å². The SMILES string of the molecule is COc1cc(C)ccc1N1CCN(S(C)=O)CC1. The van der Waals surface area contributed by atoms with Crippen molar-refractivity contribution >= 4 is 16.7 Å². The second kappa shape index (κ2) is 5.71. The van der Waals surface area contributed by atoms with Crippen LogP contribution in [0.2, 0.25) is 0 Å². The molecule has 100 valence electrons. The topological polar surface area (TPSA) is 32.8 Å². The highest BCUT2D eigenvalue weighted by atomic mass is 32.2. The van der Waals surface area contributed by atoms with Crippen LogP contribution in [0, 0.1) is 6.92 Å². The molecule has 4 nitrogen and oxygen atoms in total. The number of methoxy groups -OCH3 is 1. The third kappa shape index (κ3) is 2.84. The van der Waals surface area contributed by atoms with E-state index in [1.165, 1.54) is 5.56 Å². The monoisotopic (exact) mass is 268 g/mol. The molecular formula is C13H20N2O2S. The highest BCUT2D eigenvalue weighted by Crippen LogP contribution is 2.29. The first-order valence-electron chi connectivity index (χ1n) is 6.10. The van der Waals surface area contributed by atoms with Crippen LogP contribution >= 0.6 is 0 Å². The maximum atomic E-state index is 11.4. The zero-order valence-corrected chi connectivity index (χ0v) is 12.0.